The van der Waals surface area contributed by atoms with Gasteiger partial charge < -0.3 is 14.8 Å². The van der Waals surface area contributed by atoms with E-state index in [1.807, 2.05) is 6.08 Å². The van der Waals surface area contributed by atoms with Gasteiger partial charge in [0, 0.05) is 11.8 Å². The van der Waals surface area contributed by atoms with E-state index in [-0.39, 0.29) is 11.2 Å². The summed E-state index contributed by atoms with van der Waals surface area (Å²) in [6, 6.07) is 7.94. The predicted molar refractivity (Wildman–Crippen MR) is 91.0 cm³/mol. The van der Waals surface area contributed by atoms with Crippen molar-refractivity contribution in [1.82, 2.24) is 5.32 Å². The van der Waals surface area contributed by atoms with E-state index >= 15 is 0 Å². The number of allylic oxidation sites excluding steroid dienone is 1. The molecular weight excluding hydrogens is 308 g/mol. The first-order valence-electron chi connectivity index (χ1n) is 8.09. The average Bonchev–Trinajstić information content (AvgIpc) is 2.54. The summed E-state index contributed by atoms with van der Waals surface area (Å²) < 4.78 is 23.7. The fourth-order valence-electron chi connectivity index (χ4n) is 2.57. The van der Waals surface area contributed by atoms with E-state index in [0.29, 0.717) is 18.9 Å². The highest BCUT2D eigenvalue weighted by Gasteiger charge is 2.44. The Morgan fingerprint density at radius 2 is 1.83 bits per heavy atom. The van der Waals surface area contributed by atoms with Gasteiger partial charge in [0.25, 0.3) is 0 Å². The minimum Gasteiger partial charge on any atom is -0.344 e. The Morgan fingerprint density at radius 3 is 2.33 bits per heavy atom. The van der Waals surface area contributed by atoms with Crippen molar-refractivity contribution in [2.75, 3.05) is 13.2 Å². The van der Waals surface area contributed by atoms with Gasteiger partial charge in [0.1, 0.15) is 5.82 Å². The van der Waals surface area contributed by atoms with Crippen LogP contribution in [-0.2, 0) is 9.47 Å². The van der Waals surface area contributed by atoms with E-state index in [4.69, 9.17) is 17.3 Å². The van der Waals surface area contributed by atoms with Gasteiger partial charge in [-0.05, 0) is 25.0 Å². The Hall–Kier alpha value is -1.66. The number of ether oxygens (including phenoxy) is 2. The third-order valence-electron chi connectivity index (χ3n) is 3.85. The Bertz CT molecular complexity index is 579. The van der Waals surface area contributed by atoms with Gasteiger partial charge in [0.15, 0.2) is 5.81 Å². The van der Waals surface area contributed by atoms with E-state index in [1.165, 1.54) is 12.1 Å². The number of amides is 1. The molecule has 1 aromatic rings. The lowest BCUT2D eigenvalue weighted by Gasteiger charge is -2.46. The molecule has 1 aromatic carbocycles. The summed E-state index contributed by atoms with van der Waals surface area (Å²) in [5.74, 6) is -1.54. The van der Waals surface area contributed by atoms with Crippen molar-refractivity contribution >= 4 is 13.7 Å². The van der Waals surface area contributed by atoms with Crippen molar-refractivity contribution in [2.24, 2.45) is 5.41 Å². The molecule has 1 N–H and O–H groups in total. The van der Waals surface area contributed by atoms with Crippen LogP contribution in [0.5, 0.6) is 0 Å². The van der Waals surface area contributed by atoms with Crippen LogP contribution < -0.4 is 5.32 Å². The van der Waals surface area contributed by atoms with Crippen LogP contribution >= 0.6 is 0 Å². The van der Waals surface area contributed by atoms with E-state index in [1.54, 1.807) is 18.2 Å². The van der Waals surface area contributed by atoms with E-state index < -0.39 is 11.6 Å². The number of halogens is 1. The first-order chi connectivity index (χ1) is 11.3. The number of hydrogen-bond acceptors (Lipinski definition) is 3. The van der Waals surface area contributed by atoms with Gasteiger partial charge in [-0.1, -0.05) is 38.1 Å². The van der Waals surface area contributed by atoms with Gasteiger partial charge in [0.05, 0.1) is 18.9 Å². The minimum atomic E-state index is -0.789. The summed E-state index contributed by atoms with van der Waals surface area (Å²) >= 11 is 0. The van der Waals surface area contributed by atoms with Gasteiger partial charge in [-0.3, -0.25) is 4.79 Å². The molecule has 24 heavy (non-hydrogen) atoms. The zero-order chi connectivity index (χ0) is 17.6. The lowest BCUT2D eigenvalue weighted by atomic mass is 9.90. The Morgan fingerprint density at radius 1 is 1.21 bits per heavy atom. The van der Waals surface area contributed by atoms with Crippen LogP contribution in [0, 0.1) is 11.2 Å². The standard InChI is InChI=1S/C12H18BNO3.C6H5F/c1-11(2)7-16-12(17-8-11)6-4-3-5-9(12)14-10(13)15;7-6-4-2-1-3-5-6/h5H,3-4,6-8H2,1-2H3,(H,14,15);1-5H. The van der Waals surface area contributed by atoms with E-state index in [2.05, 4.69) is 19.2 Å². The van der Waals surface area contributed by atoms with Crippen LogP contribution in [0.3, 0.4) is 0 Å². The Labute approximate surface area is 143 Å². The maximum absolute atomic E-state index is 11.9. The number of benzene rings is 1. The summed E-state index contributed by atoms with van der Waals surface area (Å²) in [5, 5.41) is 2.62. The summed E-state index contributed by atoms with van der Waals surface area (Å²) in [4.78, 5) is 11.0. The van der Waals surface area contributed by atoms with Gasteiger partial charge in [0.2, 0.25) is 13.6 Å². The molecule has 1 amide bonds. The number of carbonyl (C=O) groups excluding carboxylic acids is 1. The van der Waals surface area contributed by atoms with Crippen LogP contribution in [0.25, 0.3) is 0 Å². The second-order valence-corrected chi connectivity index (χ2v) is 6.79. The van der Waals surface area contributed by atoms with E-state index in [0.717, 1.165) is 19.3 Å². The maximum atomic E-state index is 11.9. The highest BCUT2D eigenvalue weighted by molar-refractivity contribution is 6.57. The average molecular weight is 331 g/mol. The van der Waals surface area contributed by atoms with Crippen LogP contribution in [0.4, 0.5) is 9.18 Å². The molecule has 0 bridgehead atoms. The normalized spacial score (nSPS) is 21.2. The van der Waals surface area contributed by atoms with Gasteiger partial charge in [-0.25, -0.2) is 4.39 Å². The molecule has 0 saturated carbocycles. The first kappa shape index (κ1) is 18.7. The largest absolute Gasteiger partial charge is 0.344 e. The number of hydrogen-bond donors (Lipinski definition) is 1. The minimum absolute atomic E-state index is 0.0144. The molecule has 6 heteroatoms. The topological polar surface area (TPSA) is 47.6 Å². The van der Waals surface area contributed by atoms with Gasteiger partial charge in [-0.15, -0.1) is 0 Å². The molecular formula is C18H23BFNO3. The summed E-state index contributed by atoms with van der Waals surface area (Å²) in [6.45, 7) is 5.41. The molecule has 0 unspecified atom stereocenters. The number of rotatable bonds is 1. The smallest absolute Gasteiger partial charge is 0.209 e. The molecule has 1 spiro atoms. The number of nitrogens with one attached hydrogen (secondary N) is 1. The molecule has 3 rings (SSSR count). The third kappa shape index (κ3) is 5.18. The lowest BCUT2D eigenvalue weighted by Crippen LogP contribution is -2.53. The fourth-order valence-corrected chi connectivity index (χ4v) is 2.57. The molecule has 2 aliphatic rings. The van der Waals surface area contributed by atoms with Crippen molar-refractivity contribution in [3.05, 3.63) is 47.9 Å². The quantitative estimate of drug-likeness (QED) is 0.801. The van der Waals surface area contributed by atoms with Gasteiger partial charge >= 0.3 is 0 Å². The van der Waals surface area contributed by atoms with Crippen LogP contribution in [0.1, 0.15) is 33.1 Å². The number of carbonyl (C=O) groups is 1. The molecule has 1 fully saturated rings. The Kier molecular flexibility index (Phi) is 6.18. The van der Waals surface area contributed by atoms with Crippen LogP contribution in [0.15, 0.2) is 42.1 Å². The second kappa shape index (κ2) is 7.95. The molecule has 0 aromatic heterocycles. The van der Waals surface area contributed by atoms with Crippen molar-refractivity contribution < 1.29 is 18.7 Å². The van der Waals surface area contributed by atoms with Crippen molar-refractivity contribution in [3.63, 3.8) is 0 Å². The van der Waals surface area contributed by atoms with Crippen molar-refractivity contribution in [2.45, 2.75) is 38.9 Å². The van der Waals surface area contributed by atoms with Crippen LogP contribution in [-0.4, -0.2) is 32.7 Å². The molecule has 1 saturated heterocycles. The molecule has 0 atom stereocenters. The summed E-state index contributed by atoms with van der Waals surface area (Å²) in [7, 11) is 5.16. The highest BCUT2D eigenvalue weighted by Crippen LogP contribution is 2.39. The Balaban J connectivity index is 0.000000249. The first-order valence-corrected chi connectivity index (χ1v) is 8.09. The summed E-state index contributed by atoms with van der Waals surface area (Å²) in [5.41, 5.74) is 0.673. The monoisotopic (exact) mass is 331 g/mol. The lowest BCUT2D eigenvalue weighted by molar-refractivity contribution is -0.284. The molecule has 1 heterocycles. The van der Waals surface area contributed by atoms with Gasteiger partial charge in [-0.2, -0.15) is 0 Å². The molecule has 1 aliphatic carbocycles. The molecule has 128 valence electrons. The van der Waals surface area contributed by atoms with Crippen molar-refractivity contribution in [3.8, 4) is 0 Å². The SMILES string of the molecule is Fc1ccccc1.[B]C(=O)NC1=CCCCC12OCC(C)(C)CO2. The van der Waals surface area contributed by atoms with Crippen molar-refractivity contribution in [1.29, 1.82) is 0 Å². The zero-order valence-corrected chi connectivity index (χ0v) is 14.2. The highest BCUT2D eigenvalue weighted by atomic mass is 19.1. The molecule has 4 nitrogen and oxygen atoms in total. The second-order valence-electron chi connectivity index (χ2n) is 6.79. The third-order valence-corrected chi connectivity index (χ3v) is 3.85. The van der Waals surface area contributed by atoms with E-state index in [9.17, 15) is 9.18 Å². The molecule has 2 radical (unpaired) electrons. The molecule has 1 aliphatic heterocycles. The summed E-state index contributed by atoms with van der Waals surface area (Å²) in [6.07, 6.45) is 4.60. The zero-order valence-electron chi connectivity index (χ0n) is 14.2. The fraction of sp³-hybridized carbons (Fsp3) is 0.500. The predicted octanol–water partition coefficient (Wildman–Crippen LogP) is 3.53. The van der Waals surface area contributed by atoms with Crippen LogP contribution in [0.2, 0.25) is 0 Å². The maximum Gasteiger partial charge on any atom is 0.209 e.